The van der Waals surface area contributed by atoms with Gasteiger partial charge in [0.25, 0.3) is 5.69 Å². The van der Waals surface area contributed by atoms with Crippen molar-refractivity contribution in [3.63, 3.8) is 0 Å². The lowest BCUT2D eigenvalue weighted by Crippen LogP contribution is -2.30. The Morgan fingerprint density at radius 2 is 2.30 bits per heavy atom. The molecular formula is C13H15ClN2O4. The van der Waals surface area contributed by atoms with Gasteiger partial charge < -0.3 is 10.0 Å². The normalized spacial score (nSPS) is 18.3. The molecule has 1 fully saturated rings. The number of halogens is 1. The first kappa shape index (κ1) is 14.6. The summed E-state index contributed by atoms with van der Waals surface area (Å²) < 4.78 is 0. The Morgan fingerprint density at radius 3 is 2.85 bits per heavy atom. The Bertz CT molecular complexity index is 562. The Morgan fingerprint density at radius 1 is 1.60 bits per heavy atom. The van der Waals surface area contributed by atoms with Crippen molar-refractivity contribution in [2.75, 3.05) is 11.4 Å². The minimum atomic E-state index is -1.20. The number of nitro groups is 1. The number of benzene rings is 1. The zero-order chi connectivity index (χ0) is 14.9. The van der Waals surface area contributed by atoms with Crippen LogP contribution in [0.5, 0.6) is 0 Å². The largest absolute Gasteiger partial charge is 0.478 e. The molecule has 0 bridgehead atoms. The highest BCUT2D eigenvalue weighted by Crippen LogP contribution is 2.38. The molecule has 1 aliphatic heterocycles. The molecular weight excluding hydrogens is 284 g/mol. The van der Waals surface area contributed by atoms with Crippen molar-refractivity contribution in [1.29, 1.82) is 0 Å². The van der Waals surface area contributed by atoms with Crippen molar-refractivity contribution in [3.05, 3.63) is 32.8 Å². The van der Waals surface area contributed by atoms with Gasteiger partial charge in [-0.05, 0) is 19.3 Å². The molecule has 1 aliphatic rings. The number of nitrogens with zero attached hydrogens (tertiary/aromatic N) is 2. The molecule has 1 heterocycles. The van der Waals surface area contributed by atoms with Crippen LogP contribution in [0.4, 0.5) is 11.4 Å². The Hall–Kier alpha value is -1.82. The second kappa shape index (κ2) is 5.66. The highest BCUT2D eigenvalue weighted by molar-refractivity contribution is 6.34. The van der Waals surface area contributed by atoms with Gasteiger partial charge >= 0.3 is 5.97 Å². The Kier molecular flexibility index (Phi) is 4.13. The molecule has 0 aromatic heterocycles. The predicted molar refractivity (Wildman–Crippen MR) is 75.7 cm³/mol. The van der Waals surface area contributed by atoms with Crippen LogP contribution in [-0.4, -0.2) is 28.6 Å². The fraction of sp³-hybridized carbons (Fsp3) is 0.462. The summed E-state index contributed by atoms with van der Waals surface area (Å²) in [6.45, 7) is 2.75. The van der Waals surface area contributed by atoms with Crippen LogP contribution in [0, 0.1) is 10.1 Å². The standard InChI is InChI=1S/C13H15ClN2O4/c1-2-8-4-3-5-15(8)12-10(13(17)18)6-9(16(19)20)7-11(12)14/h6-8H,2-5H2,1H3,(H,17,18). The molecule has 1 unspecified atom stereocenters. The van der Waals surface area contributed by atoms with Crippen LogP contribution in [0.1, 0.15) is 36.5 Å². The van der Waals surface area contributed by atoms with Crippen LogP contribution in [0.2, 0.25) is 5.02 Å². The van der Waals surface area contributed by atoms with Crippen molar-refractivity contribution in [2.24, 2.45) is 0 Å². The molecule has 108 valence electrons. The van der Waals surface area contributed by atoms with Gasteiger partial charge in [0, 0.05) is 24.7 Å². The van der Waals surface area contributed by atoms with E-state index in [1.807, 2.05) is 11.8 Å². The third-order valence-corrected chi connectivity index (χ3v) is 3.91. The van der Waals surface area contributed by atoms with Crippen molar-refractivity contribution in [1.82, 2.24) is 0 Å². The number of hydrogen-bond donors (Lipinski definition) is 1. The molecule has 1 N–H and O–H groups in total. The van der Waals surface area contributed by atoms with Gasteiger partial charge in [-0.25, -0.2) is 4.79 Å². The van der Waals surface area contributed by atoms with E-state index < -0.39 is 10.9 Å². The molecule has 6 nitrogen and oxygen atoms in total. The maximum Gasteiger partial charge on any atom is 0.338 e. The Balaban J connectivity index is 2.56. The molecule has 7 heteroatoms. The number of hydrogen-bond acceptors (Lipinski definition) is 4. The molecule has 2 rings (SSSR count). The molecule has 0 radical (unpaired) electrons. The van der Waals surface area contributed by atoms with Crippen molar-refractivity contribution in [3.8, 4) is 0 Å². The van der Waals surface area contributed by atoms with Crippen LogP contribution in [-0.2, 0) is 0 Å². The third kappa shape index (κ3) is 2.56. The molecule has 0 aliphatic carbocycles. The number of nitro benzene ring substituents is 1. The monoisotopic (exact) mass is 298 g/mol. The second-order valence-electron chi connectivity index (χ2n) is 4.78. The van der Waals surface area contributed by atoms with E-state index in [1.165, 1.54) is 6.07 Å². The van der Waals surface area contributed by atoms with Gasteiger partial charge in [-0.2, -0.15) is 0 Å². The van der Waals surface area contributed by atoms with E-state index in [1.54, 1.807) is 0 Å². The van der Waals surface area contributed by atoms with Crippen LogP contribution >= 0.6 is 11.6 Å². The van der Waals surface area contributed by atoms with Gasteiger partial charge in [-0.3, -0.25) is 10.1 Å². The van der Waals surface area contributed by atoms with E-state index in [2.05, 4.69) is 0 Å². The summed E-state index contributed by atoms with van der Waals surface area (Å²) in [6, 6.07) is 2.52. The summed E-state index contributed by atoms with van der Waals surface area (Å²) in [5.74, 6) is -1.20. The lowest BCUT2D eigenvalue weighted by molar-refractivity contribution is -0.384. The van der Waals surface area contributed by atoms with Crippen molar-refractivity contribution < 1.29 is 14.8 Å². The van der Waals surface area contributed by atoms with Crippen LogP contribution in [0.25, 0.3) is 0 Å². The maximum atomic E-state index is 11.4. The number of carbonyl (C=O) groups is 1. The van der Waals surface area contributed by atoms with Crippen LogP contribution in [0.3, 0.4) is 0 Å². The quantitative estimate of drug-likeness (QED) is 0.681. The molecule has 0 saturated carbocycles. The topological polar surface area (TPSA) is 83.7 Å². The number of anilines is 1. The van der Waals surface area contributed by atoms with Gasteiger partial charge in [0.15, 0.2) is 0 Å². The molecule has 1 aromatic carbocycles. The van der Waals surface area contributed by atoms with Crippen LogP contribution in [0.15, 0.2) is 12.1 Å². The number of carboxylic acids is 1. The third-order valence-electron chi connectivity index (χ3n) is 3.62. The van der Waals surface area contributed by atoms with E-state index in [-0.39, 0.29) is 22.3 Å². The van der Waals surface area contributed by atoms with Crippen molar-refractivity contribution in [2.45, 2.75) is 32.2 Å². The molecule has 0 amide bonds. The number of non-ortho nitro benzene ring substituents is 1. The minimum Gasteiger partial charge on any atom is -0.478 e. The predicted octanol–water partition coefficient (Wildman–Crippen LogP) is 3.33. The van der Waals surface area contributed by atoms with E-state index in [0.717, 1.165) is 31.9 Å². The highest BCUT2D eigenvalue weighted by Gasteiger charge is 2.30. The van der Waals surface area contributed by atoms with Gasteiger partial charge in [-0.1, -0.05) is 18.5 Å². The van der Waals surface area contributed by atoms with Crippen molar-refractivity contribution >= 4 is 28.9 Å². The molecule has 1 atom stereocenters. The summed E-state index contributed by atoms with van der Waals surface area (Å²) >= 11 is 6.12. The zero-order valence-electron chi connectivity index (χ0n) is 11.0. The first-order valence-electron chi connectivity index (χ1n) is 6.43. The van der Waals surface area contributed by atoms with Gasteiger partial charge in [0.2, 0.25) is 0 Å². The average molecular weight is 299 g/mol. The zero-order valence-corrected chi connectivity index (χ0v) is 11.8. The lowest BCUT2D eigenvalue weighted by Gasteiger charge is -2.28. The molecule has 1 aromatic rings. The first-order chi connectivity index (χ1) is 9.45. The fourth-order valence-corrected chi connectivity index (χ4v) is 3.02. The fourth-order valence-electron chi connectivity index (χ4n) is 2.70. The van der Waals surface area contributed by atoms with Crippen LogP contribution < -0.4 is 4.90 Å². The van der Waals surface area contributed by atoms with Gasteiger partial charge in [-0.15, -0.1) is 0 Å². The van der Waals surface area contributed by atoms with Gasteiger partial charge in [0.05, 0.1) is 21.2 Å². The van der Waals surface area contributed by atoms with E-state index in [9.17, 15) is 20.0 Å². The Labute approximate surface area is 121 Å². The molecule has 20 heavy (non-hydrogen) atoms. The number of rotatable bonds is 4. The minimum absolute atomic E-state index is 0.107. The summed E-state index contributed by atoms with van der Waals surface area (Å²) in [5.41, 5.74) is -0.0120. The van der Waals surface area contributed by atoms with E-state index in [0.29, 0.717) is 5.69 Å². The smallest absolute Gasteiger partial charge is 0.338 e. The maximum absolute atomic E-state index is 11.4. The first-order valence-corrected chi connectivity index (χ1v) is 6.81. The van der Waals surface area contributed by atoms with Gasteiger partial charge in [0.1, 0.15) is 0 Å². The highest BCUT2D eigenvalue weighted by atomic mass is 35.5. The SMILES string of the molecule is CCC1CCCN1c1c(Cl)cc([N+](=O)[O-])cc1C(=O)O. The number of aromatic carboxylic acids is 1. The lowest BCUT2D eigenvalue weighted by atomic mass is 10.1. The second-order valence-corrected chi connectivity index (χ2v) is 5.19. The van der Waals surface area contributed by atoms with E-state index in [4.69, 9.17) is 11.6 Å². The summed E-state index contributed by atoms with van der Waals surface area (Å²) in [7, 11) is 0. The summed E-state index contributed by atoms with van der Waals surface area (Å²) in [4.78, 5) is 23.5. The summed E-state index contributed by atoms with van der Waals surface area (Å²) in [5, 5.41) is 20.3. The molecule has 0 spiro atoms. The molecule has 1 saturated heterocycles. The average Bonchev–Trinajstić information content (AvgIpc) is 2.85. The van der Waals surface area contributed by atoms with E-state index >= 15 is 0 Å². The number of carboxylic acid groups (broad SMARTS) is 1. The summed E-state index contributed by atoms with van der Waals surface area (Å²) in [6.07, 6.45) is 2.82.